The molecule has 1 aromatic carbocycles. The van der Waals surface area contributed by atoms with Crippen molar-refractivity contribution in [1.29, 1.82) is 0 Å². The number of ketones is 1. The lowest BCUT2D eigenvalue weighted by Gasteiger charge is -2.03. The lowest BCUT2D eigenvalue weighted by molar-refractivity contribution is 0.102. The fraction of sp³-hybridized carbons (Fsp3) is 0.286. The third-order valence-corrected chi connectivity index (χ3v) is 4.04. The molecule has 2 aromatic rings. The van der Waals surface area contributed by atoms with Crippen molar-refractivity contribution in [1.82, 2.24) is 4.98 Å². The molecule has 0 spiro atoms. The maximum absolute atomic E-state index is 11.4. The van der Waals surface area contributed by atoms with Crippen LogP contribution >= 0.6 is 11.3 Å². The molecule has 0 aliphatic carbocycles. The number of Topliss-reactive ketones (excluding diaryl/α,β-unsaturated/α-hetero) is 1. The molecule has 0 radical (unpaired) electrons. The van der Waals surface area contributed by atoms with Gasteiger partial charge in [-0.15, -0.1) is 11.3 Å². The van der Waals surface area contributed by atoms with Crippen molar-refractivity contribution in [3.63, 3.8) is 0 Å². The normalized spacial score (nSPS) is 10.5. The second kappa shape index (κ2) is 4.80. The molecule has 2 nitrogen and oxygen atoms in total. The van der Waals surface area contributed by atoms with Gasteiger partial charge in [0.1, 0.15) is 5.01 Å². The minimum atomic E-state index is 0.0974. The van der Waals surface area contributed by atoms with Crippen LogP contribution in [0.1, 0.15) is 34.8 Å². The van der Waals surface area contributed by atoms with Gasteiger partial charge in [-0.3, -0.25) is 4.79 Å². The molecule has 1 heterocycles. The van der Waals surface area contributed by atoms with Crippen LogP contribution in [0.25, 0.3) is 10.6 Å². The van der Waals surface area contributed by atoms with E-state index >= 15 is 0 Å². The first kappa shape index (κ1) is 12.0. The molecule has 0 amide bonds. The van der Waals surface area contributed by atoms with Gasteiger partial charge in [0.05, 0.1) is 10.6 Å². The molecule has 0 N–H and O–H groups in total. The molecule has 88 valence electrons. The van der Waals surface area contributed by atoms with E-state index in [2.05, 4.69) is 24.0 Å². The van der Waals surface area contributed by atoms with Crippen molar-refractivity contribution in [2.24, 2.45) is 0 Å². The maximum Gasteiger partial charge on any atom is 0.171 e. The first-order chi connectivity index (χ1) is 8.13. The highest BCUT2D eigenvalue weighted by Gasteiger charge is 2.14. The highest BCUT2D eigenvalue weighted by atomic mass is 32.1. The van der Waals surface area contributed by atoms with E-state index in [-0.39, 0.29) is 5.78 Å². The molecule has 0 saturated heterocycles. The van der Waals surface area contributed by atoms with Crippen molar-refractivity contribution in [3.05, 3.63) is 40.4 Å². The van der Waals surface area contributed by atoms with Crippen molar-refractivity contribution >= 4 is 17.1 Å². The molecule has 3 heteroatoms. The van der Waals surface area contributed by atoms with Crippen LogP contribution in [-0.2, 0) is 6.42 Å². The standard InChI is InChI=1S/C14H15NOS/c1-4-11-7-5-6-8-12(11)14-15-9(2)13(17-14)10(3)16/h5-8H,4H2,1-3H3. The summed E-state index contributed by atoms with van der Waals surface area (Å²) in [7, 11) is 0. The third-order valence-electron chi connectivity index (χ3n) is 2.75. The number of benzene rings is 1. The number of hydrogen-bond acceptors (Lipinski definition) is 3. The van der Waals surface area contributed by atoms with Crippen LogP contribution in [0.4, 0.5) is 0 Å². The van der Waals surface area contributed by atoms with E-state index in [1.165, 1.54) is 16.9 Å². The number of carbonyl (C=O) groups is 1. The van der Waals surface area contributed by atoms with Gasteiger partial charge < -0.3 is 0 Å². The topological polar surface area (TPSA) is 30.0 Å². The van der Waals surface area contributed by atoms with Gasteiger partial charge in [-0.05, 0) is 18.9 Å². The van der Waals surface area contributed by atoms with E-state index < -0.39 is 0 Å². The number of rotatable bonds is 3. The Morgan fingerprint density at radius 2 is 2.06 bits per heavy atom. The summed E-state index contributed by atoms with van der Waals surface area (Å²) in [5, 5.41) is 0.949. The number of carbonyl (C=O) groups excluding carboxylic acids is 1. The summed E-state index contributed by atoms with van der Waals surface area (Å²) < 4.78 is 0. The smallest absolute Gasteiger partial charge is 0.171 e. The van der Waals surface area contributed by atoms with Crippen molar-refractivity contribution in [2.45, 2.75) is 27.2 Å². The minimum absolute atomic E-state index is 0.0974. The summed E-state index contributed by atoms with van der Waals surface area (Å²) in [5.41, 5.74) is 3.26. The van der Waals surface area contributed by atoms with Crippen LogP contribution < -0.4 is 0 Å². The molecule has 0 saturated carbocycles. The SMILES string of the molecule is CCc1ccccc1-c1nc(C)c(C(C)=O)s1. The minimum Gasteiger partial charge on any atom is -0.294 e. The zero-order valence-corrected chi connectivity index (χ0v) is 11.1. The summed E-state index contributed by atoms with van der Waals surface area (Å²) in [4.78, 5) is 16.7. The summed E-state index contributed by atoms with van der Waals surface area (Å²) in [6, 6.07) is 8.23. The molecule has 0 bridgehead atoms. The summed E-state index contributed by atoms with van der Waals surface area (Å²) >= 11 is 1.49. The largest absolute Gasteiger partial charge is 0.294 e. The van der Waals surface area contributed by atoms with E-state index in [1.54, 1.807) is 6.92 Å². The molecule has 0 aliphatic heterocycles. The Balaban J connectivity index is 2.53. The fourth-order valence-electron chi connectivity index (χ4n) is 1.88. The molecule has 0 aliphatic rings. The predicted molar refractivity (Wildman–Crippen MR) is 71.7 cm³/mol. The first-order valence-electron chi connectivity index (χ1n) is 5.70. The van der Waals surface area contributed by atoms with Crippen LogP contribution in [0.5, 0.6) is 0 Å². The Bertz CT molecular complexity index is 557. The van der Waals surface area contributed by atoms with Crippen LogP contribution in [0.2, 0.25) is 0 Å². The molecular weight excluding hydrogens is 230 g/mol. The van der Waals surface area contributed by atoms with Crippen LogP contribution in [0, 0.1) is 6.92 Å². The maximum atomic E-state index is 11.4. The summed E-state index contributed by atoms with van der Waals surface area (Å²) in [6.45, 7) is 5.62. The van der Waals surface area contributed by atoms with Crippen molar-refractivity contribution in [3.8, 4) is 10.6 Å². The highest BCUT2D eigenvalue weighted by Crippen LogP contribution is 2.30. The van der Waals surface area contributed by atoms with Crippen LogP contribution in [-0.4, -0.2) is 10.8 Å². The molecule has 0 atom stereocenters. The Hall–Kier alpha value is -1.48. The lowest BCUT2D eigenvalue weighted by atomic mass is 10.1. The Kier molecular flexibility index (Phi) is 3.38. The monoisotopic (exact) mass is 245 g/mol. The summed E-state index contributed by atoms with van der Waals surface area (Å²) in [6.07, 6.45) is 0.976. The van der Waals surface area contributed by atoms with Gasteiger partial charge >= 0.3 is 0 Å². The molecule has 1 aromatic heterocycles. The Morgan fingerprint density at radius 1 is 1.35 bits per heavy atom. The first-order valence-corrected chi connectivity index (χ1v) is 6.51. The van der Waals surface area contributed by atoms with Gasteiger partial charge in [0.25, 0.3) is 0 Å². The number of hydrogen-bond donors (Lipinski definition) is 0. The van der Waals surface area contributed by atoms with E-state index in [0.717, 1.165) is 27.6 Å². The molecule has 0 fully saturated rings. The average Bonchev–Trinajstić information content (AvgIpc) is 2.71. The van der Waals surface area contributed by atoms with E-state index in [1.807, 2.05) is 19.1 Å². The van der Waals surface area contributed by atoms with E-state index in [0.29, 0.717) is 0 Å². The zero-order chi connectivity index (χ0) is 12.4. The second-order valence-electron chi connectivity index (χ2n) is 4.00. The quantitative estimate of drug-likeness (QED) is 0.768. The van der Waals surface area contributed by atoms with Gasteiger partial charge in [-0.25, -0.2) is 4.98 Å². The molecular formula is C14H15NOS. The average molecular weight is 245 g/mol. The third kappa shape index (κ3) is 2.29. The number of thiazole rings is 1. The van der Waals surface area contributed by atoms with Crippen LogP contribution in [0.15, 0.2) is 24.3 Å². The van der Waals surface area contributed by atoms with E-state index in [9.17, 15) is 4.79 Å². The van der Waals surface area contributed by atoms with E-state index in [4.69, 9.17) is 0 Å². The highest BCUT2D eigenvalue weighted by molar-refractivity contribution is 7.17. The predicted octanol–water partition coefficient (Wildman–Crippen LogP) is 3.88. The number of nitrogens with zero attached hydrogens (tertiary/aromatic N) is 1. The van der Waals surface area contributed by atoms with Gasteiger partial charge in [0.15, 0.2) is 5.78 Å². The number of aromatic nitrogens is 1. The van der Waals surface area contributed by atoms with Crippen LogP contribution in [0.3, 0.4) is 0 Å². The Morgan fingerprint density at radius 3 is 2.65 bits per heavy atom. The second-order valence-corrected chi connectivity index (χ2v) is 5.00. The van der Waals surface area contributed by atoms with Gasteiger partial charge in [0.2, 0.25) is 0 Å². The van der Waals surface area contributed by atoms with Gasteiger partial charge in [-0.2, -0.15) is 0 Å². The lowest BCUT2D eigenvalue weighted by Crippen LogP contribution is -1.89. The molecule has 17 heavy (non-hydrogen) atoms. The van der Waals surface area contributed by atoms with Gasteiger partial charge in [0, 0.05) is 12.5 Å². The molecule has 2 rings (SSSR count). The van der Waals surface area contributed by atoms with Gasteiger partial charge in [-0.1, -0.05) is 31.2 Å². The Labute approximate surface area is 105 Å². The molecule has 0 unspecified atom stereocenters. The van der Waals surface area contributed by atoms with Crippen molar-refractivity contribution < 1.29 is 4.79 Å². The fourth-order valence-corrected chi connectivity index (χ4v) is 2.90. The van der Waals surface area contributed by atoms with Crippen molar-refractivity contribution in [2.75, 3.05) is 0 Å². The zero-order valence-electron chi connectivity index (χ0n) is 10.3. The number of aryl methyl sites for hydroxylation is 2. The summed E-state index contributed by atoms with van der Waals surface area (Å²) in [5.74, 6) is 0.0974.